The van der Waals surface area contributed by atoms with Crippen LogP contribution in [0.25, 0.3) is 0 Å². The van der Waals surface area contributed by atoms with Crippen LogP contribution in [0.3, 0.4) is 0 Å². The summed E-state index contributed by atoms with van der Waals surface area (Å²) in [6.07, 6.45) is 5.39. The fourth-order valence-corrected chi connectivity index (χ4v) is 2.40. The third-order valence-electron chi connectivity index (χ3n) is 3.85. The van der Waals surface area contributed by atoms with Gasteiger partial charge in [-0.25, -0.2) is 0 Å². The monoisotopic (exact) mass is 236 g/mol. The Balaban J connectivity index is 2.02. The molecule has 1 fully saturated rings. The van der Waals surface area contributed by atoms with E-state index in [-0.39, 0.29) is 0 Å². The summed E-state index contributed by atoms with van der Waals surface area (Å²) in [5, 5.41) is 7.76. The largest absolute Gasteiger partial charge is 0.313 e. The van der Waals surface area contributed by atoms with Crippen LogP contribution < -0.4 is 5.32 Å². The van der Waals surface area contributed by atoms with E-state index < -0.39 is 0 Å². The van der Waals surface area contributed by atoms with Crippen molar-refractivity contribution in [1.82, 2.24) is 20.0 Å². The Morgan fingerprint density at radius 2 is 2.18 bits per heavy atom. The van der Waals surface area contributed by atoms with Gasteiger partial charge in [0.05, 0.1) is 12.2 Å². The van der Waals surface area contributed by atoms with E-state index in [1.807, 2.05) is 13.2 Å². The molecule has 0 bridgehead atoms. The average Bonchev–Trinajstić information content (AvgIpc) is 2.95. The minimum atomic E-state index is 0.381. The molecule has 96 valence electrons. The zero-order valence-corrected chi connectivity index (χ0v) is 11.3. The summed E-state index contributed by atoms with van der Waals surface area (Å²) < 4.78 is 2.14. The van der Waals surface area contributed by atoms with Crippen LogP contribution in [0.2, 0.25) is 0 Å². The summed E-state index contributed by atoms with van der Waals surface area (Å²) in [5.74, 6) is 0. The second-order valence-corrected chi connectivity index (χ2v) is 5.30. The zero-order chi connectivity index (χ0) is 12.4. The molecule has 1 aromatic heterocycles. The Bertz CT molecular complexity index is 358. The number of hydrogen-bond donors (Lipinski definition) is 1. The first-order valence-corrected chi connectivity index (χ1v) is 6.57. The van der Waals surface area contributed by atoms with E-state index in [2.05, 4.69) is 47.0 Å². The minimum absolute atomic E-state index is 0.381. The Hall–Kier alpha value is -0.870. The van der Waals surface area contributed by atoms with Crippen molar-refractivity contribution in [3.8, 4) is 0 Å². The van der Waals surface area contributed by atoms with Crippen LogP contribution in [-0.2, 0) is 0 Å². The van der Waals surface area contributed by atoms with E-state index in [4.69, 9.17) is 0 Å². The number of likely N-dealkylation sites (tertiary alicyclic amines) is 1. The molecule has 0 saturated carbocycles. The summed E-state index contributed by atoms with van der Waals surface area (Å²) in [4.78, 5) is 2.52. The van der Waals surface area contributed by atoms with Crippen molar-refractivity contribution in [3.05, 3.63) is 18.0 Å². The smallest absolute Gasteiger partial charge is 0.0658 e. The van der Waals surface area contributed by atoms with E-state index in [9.17, 15) is 0 Å². The van der Waals surface area contributed by atoms with Crippen molar-refractivity contribution in [1.29, 1.82) is 0 Å². The lowest BCUT2D eigenvalue weighted by molar-refractivity contribution is 0.262. The molecule has 2 heterocycles. The number of rotatable bonds is 4. The number of nitrogens with zero attached hydrogens (tertiary/aromatic N) is 3. The standard InChI is InChI=1S/C13H24N4/c1-10(2)16-6-5-13(9-16)17-8-12(7-15-17)11(3)14-4/h7-8,10-11,13-14H,5-6,9H2,1-4H3. The van der Waals surface area contributed by atoms with Gasteiger partial charge in [0.2, 0.25) is 0 Å². The summed E-state index contributed by atoms with van der Waals surface area (Å²) in [5.41, 5.74) is 1.27. The molecule has 2 atom stereocenters. The highest BCUT2D eigenvalue weighted by Crippen LogP contribution is 2.23. The van der Waals surface area contributed by atoms with Crippen molar-refractivity contribution in [2.45, 2.75) is 45.3 Å². The highest BCUT2D eigenvalue weighted by molar-refractivity contribution is 5.09. The highest BCUT2D eigenvalue weighted by atomic mass is 15.3. The van der Waals surface area contributed by atoms with Gasteiger partial charge in [0, 0.05) is 36.9 Å². The second kappa shape index (κ2) is 5.19. The Labute approximate surface area is 104 Å². The topological polar surface area (TPSA) is 33.1 Å². The molecule has 4 nitrogen and oxygen atoms in total. The average molecular weight is 236 g/mol. The molecular formula is C13H24N4. The normalized spacial score (nSPS) is 23.5. The van der Waals surface area contributed by atoms with Crippen molar-refractivity contribution in [2.75, 3.05) is 20.1 Å². The quantitative estimate of drug-likeness (QED) is 0.865. The molecule has 0 radical (unpaired) electrons. The van der Waals surface area contributed by atoms with E-state index in [0.29, 0.717) is 18.1 Å². The van der Waals surface area contributed by atoms with Gasteiger partial charge in [0.15, 0.2) is 0 Å². The van der Waals surface area contributed by atoms with Gasteiger partial charge in [0.25, 0.3) is 0 Å². The molecule has 0 spiro atoms. The molecule has 0 aromatic carbocycles. The maximum absolute atomic E-state index is 4.51. The molecule has 0 aliphatic carbocycles. The summed E-state index contributed by atoms with van der Waals surface area (Å²) in [6, 6.07) is 1.58. The van der Waals surface area contributed by atoms with Gasteiger partial charge in [0.1, 0.15) is 0 Å². The first-order chi connectivity index (χ1) is 8.11. The number of nitrogens with one attached hydrogen (secondary N) is 1. The Morgan fingerprint density at radius 3 is 2.76 bits per heavy atom. The molecule has 1 aromatic rings. The molecule has 0 amide bonds. The third-order valence-corrected chi connectivity index (χ3v) is 3.85. The summed E-state index contributed by atoms with van der Waals surface area (Å²) >= 11 is 0. The molecule has 2 rings (SSSR count). The minimum Gasteiger partial charge on any atom is -0.313 e. The first kappa shape index (κ1) is 12.6. The fraction of sp³-hybridized carbons (Fsp3) is 0.769. The fourth-order valence-electron chi connectivity index (χ4n) is 2.40. The van der Waals surface area contributed by atoms with E-state index in [1.165, 1.54) is 18.5 Å². The summed E-state index contributed by atoms with van der Waals surface area (Å²) in [6.45, 7) is 9.02. The number of aromatic nitrogens is 2. The Kier molecular flexibility index (Phi) is 3.84. The zero-order valence-electron chi connectivity index (χ0n) is 11.3. The lowest BCUT2D eigenvalue weighted by Gasteiger charge is -2.20. The van der Waals surface area contributed by atoms with Gasteiger partial charge >= 0.3 is 0 Å². The van der Waals surface area contributed by atoms with Crippen LogP contribution in [0.1, 0.15) is 44.8 Å². The molecule has 1 N–H and O–H groups in total. The van der Waals surface area contributed by atoms with E-state index >= 15 is 0 Å². The lowest BCUT2D eigenvalue weighted by Crippen LogP contribution is -2.28. The lowest BCUT2D eigenvalue weighted by atomic mass is 10.2. The Morgan fingerprint density at radius 1 is 1.41 bits per heavy atom. The van der Waals surface area contributed by atoms with E-state index in [1.54, 1.807) is 0 Å². The predicted octanol–water partition coefficient (Wildman–Crippen LogP) is 1.82. The van der Waals surface area contributed by atoms with Gasteiger partial charge in [-0.15, -0.1) is 0 Å². The van der Waals surface area contributed by atoms with E-state index in [0.717, 1.165) is 6.54 Å². The molecule has 17 heavy (non-hydrogen) atoms. The first-order valence-electron chi connectivity index (χ1n) is 6.57. The molecular weight excluding hydrogens is 212 g/mol. The van der Waals surface area contributed by atoms with Crippen LogP contribution in [0, 0.1) is 0 Å². The second-order valence-electron chi connectivity index (χ2n) is 5.30. The van der Waals surface area contributed by atoms with Crippen LogP contribution in [0.4, 0.5) is 0 Å². The van der Waals surface area contributed by atoms with Crippen LogP contribution in [0.5, 0.6) is 0 Å². The molecule has 2 unspecified atom stereocenters. The highest BCUT2D eigenvalue weighted by Gasteiger charge is 2.26. The van der Waals surface area contributed by atoms with Crippen LogP contribution in [-0.4, -0.2) is 40.9 Å². The summed E-state index contributed by atoms with van der Waals surface area (Å²) in [7, 11) is 1.98. The maximum Gasteiger partial charge on any atom is 0.0658 e. The predicted molar refractivity (Wildman–Crippen MR) is 70.1 cm³/mol. The molecule has 1 aliphatic rings. The molecule has 4 heteroatoms. The van der Waals surface area contributed by atoms with Gasteiger partial charge in [-0.2, -0.15) is 5.10 Å². The third kappa shape index (κ3) is 2.69. The molecule has 1 saturated heterocycles. The van der Waals surface area contributed by atoms with Crippen molar-refractivity contribution in [2.24, 2.45) is 0 Å². The molecule has 1 aliphatic heterocycles. The van der Waals surface area contributed by atoms with Gasteiger partial charge in [-0.3, -0.25) is 9.58 Å². The SMILES string of the molecule is CNC(C)c1cnn(C2CCN(C(C)C)C2)c1. The van der Waals surface area contributed by atoms with Crippen molar-refractivity contribution in [3.63, 3.8) is 0 Å². The van der Waals surface area contributed by atoms with Crippen molar-refractivity contribution < 1.29 is 0 Å². The van der Waals surface area contributed by atoms with Crippen molar-refractivity contribution >= 4 is 0 Å². The number of hydrogen-bond acceptors (Lipinski definition) is 3. The maximum atomic E-state index is 4.51. The van der Waals surface area contributed by atoms with Crippen LogP contribution in [0.15, 0.2) is 12.4 Å². The van der Waals surface area contributed by atoms with Gasteiger partial charge in [-0.1, -0.05) is 0 Å². The van der Waals surface area contributed by atoms with Crippen LogP contribution >= 0.6 is 0 Å². The van der Waals surface area contributed by atoms with Gasteiger partial charge < -0.3 is 5.32 Å². The van der Waals surface area contributed by atoms with Gasteiger partial charge in [-0.05, 0) is 34.2 Å².